The highest BCUT2D eigenvalue weighted by atomic mass is 32.1. The highest BCUT2D eigenvalue weighted by Gasteiger charge is 2.31. The van der Waals surface area contributed by atoms with E-state index in [0.717, 1.165) is 18.0 Å². The fraction of sp³-hybridized carbons (Fsp3) is 0.692. The van der Waals surface area contributed by atoms with Crippen molar-refractivity contribution in [3.05, 3.63) is 28.4 Å². The second kappa shape index (κ2) is 5.25. The van der Waals surface area contributed by atoms with Gasteiger partial charge in [-0.1, -0.05) is 19.3 Å². The normalized spacial score (nSPS) is 19.2. The standard InChI is InChI=1S/C13H20N2OS/c1-11-7-12(16)15(10-14-11)8-13(9-17)5-3-2-4-6-13/h7,10,17H,2-6,8-9H2,1H3. The first-order chi connectivity index (χ1) is 8.15. The molecule has 0 aliphatic heterocycles. The molecule has 2 rings (SSSR count). The smallest absolute Gasteiger partial charge is 0.253 e. The monoisotopic (exact) mass is 252 g/mol. The predicted octanol–water partition coefficient (Wildman–Crippen LogP) is 2.43. The van der Waals surface area contributed by atoms with Crippen LogP contribution in [0.25, 0.3) is 0 Å². The van der Waals surface area contributed by atoms with Crippen LogP contribution in [0.3, 0.4) is 0 Å². The number of nitrogens with zero attached hydrogens (tertiary/aromatic N) is 2. The Hall–Kier alpha value is -0.770. The third-order valence-electron chi connectivity index (χ3n) is 3.77. The van der Waals surface area contributed by atoms with Crippen molar-refractivity contribution in [2.45, 2.75) is 45.6 Å². The minimum atomic E-state index is 0.0595. The molecule has 1 aromatic rings. The van der Waals surface area contributed by atoms with Gasteiger partial charge in [-0.2, -0.15) is 12.6 Å². The van der Waals surface area contributed by atoms with Gasteiger partial charge in [0.25, 0.3) is 5.56 Å². The summed E-state index contributed by atoms with van der Waals surface area (Å²) < 4.78 is 1.74. The molecule has 0 bridgehead atoms. The van der Waals surface area contributed by atoms with Crippen LogP contribution in [0.1, 0.15) is 37.8 Å². The minimum Gasteiger partial charge on any atom is -0.299 e. The van der Waals surface area contributed by atoms with Gasteiger partial charge in [0.2, 0.25) is 0 Å². The highest BCUT2D eigenvalue weighted by molar-refractivity contribution is 7.80. The van der Waals surface area contributed by atoms with Crippen LogP contribution in [0.15, 0.2) is 17.2 Å². The van der Waals surface area contributed by atoms with Gasteiger partial charge in [-0.15, -0.1) is 0 Å². The Kier molecular flexibility index (Phi) is 3.92. The van der Waals surface area contributed by atoms with E-state index < -0.39 is 0 Å². The zero-order valence-electron chi connectivity index (χ0n) is 10.4. The molecule has 1 heterocycles. The van der Waals surface area contributed by atoms with Crippen LogP contribution in [0, 0.1) is 12.3 Å². The van der Waals surface area contributed by atoms with Crippen LogP contribution in [0.2, 0.25) is 0 Å². The summed E-state index contributed by atoms with van der Waals surface area (Å²) in [6.45, 7) is 2.61. The number of thiol groups is 1. The van der Waals surface area contributed by atoms with Gasteiger partial charge in [0.15, 0.2) is 0 Å². The summed E-state index contributed by atoms with van der Waals surface area (Å²) in [6, 6.07) is 1.61. The molecule has 1 aliphatic carbocycles. The van der Waals surface area contributed by atoms with E-state index in [1.165, 1.54) is 32.1 Å². The van der Waals surface area contributed by atoms with E-state index in [0.29, 0.717) is 0 Å². The molecule has 0 spiro atoms. The van der Waals surface area contributed by atoms with Gasteiger partial charge >= 0.3 is 0 Å². The summed E-state index contributed by atoms with van der Waals surface area (Å²) in [5, 5.41) is 0. The molecule has 3 nitrogen and oxygen atoms in total. The molecular weight excluding hydrogens is 232 g/mol. The van der Waals surface area contributed by atoms with Crippen molar-refractivity contribution < 1.29 is 0 Å². The summed E-state index contributed by atoms with van der Waals surface area (Å²) in [4.78, 5) is 16.1. The number of aryl methyl sites for hydroxylation is 1. The second-order valence-corrected chi connectivity index (χ2v) is 5.53. The average molecular weight is 252 g/mol. The average Bonchev–Trinajstić information content (AvgIpc) is 2.34. The lowest BCUT2D eigenvalue weighted by atomic mass is 9.75. The predicted molar refractivity (Wildman–Crippen MR) is 72.6 cm³/mol. The lowest BCUT2D eigenvalue weighted by Gasteiger charge is -2.36. The van der Waals surface area contributed by atoms with E-state index >= 15 is 0 Å². The van der Waals surface area contributed by atoms with Gasteiger partial charge in [0, 0.05) is 18.3 Å². The molecule has 4 heteroatoms. The molecule has 0 saturated heterocycles. The fourth-order valence-electron chi connectivity index (χ4n) is 2.66. The molecule has 0 amide bonds. The highest BCUT2D eigenvalue weighted by Crippen LogP contribution is 2.38. The first kappa shape index (κ1) is 12.7. The lowest BCUT2D eigenvalue weighted by molar-refractivity contribution is 0.187. The van der Waals surface area contributed by atoms with E-state index in [1.807, 2.05) is 6.92 Å². The summed E-state index contributed by atoms with van der Waals surface area (Å²) >= 11 is 4.50. The van der Waals surface area contributed by atoms with E-state index in [9.17, 15) is 4.79 Å². The van der Waals surface area contributed by atoms with E-state index in [4.69, 9.17) is 0 Å². The molecule has 1 fully saturated rings. The molecular formula is C13H20N2OS. The molecule has 0 aromatic carbocycles. The maximum absolute atomic E-state index is 11.9. The first-order valence-electron chi connectivity index (χ1n) is 6.29. The van der Waals surface area contributed by atoms with Crippen LogP contribution in [-0.4, -0.2) is 15.3 Å². The Morgan fingerprint density at radius 1 is 1.41 bits per heavy atom. The van der Waals surface area contributed by atoms with Crippen molar-refractivity contribution in [2.24, 2.45) is 5.41 Å². The molecule has 1 aromatic heterocycles. The van der Waals surface area contributed by atoms with Crippen molar-refractivity contribution in [1.29, 1.82) is 0 Å². The van der Waals surface area contributed by atoms with Crippen molar-refractivity contribution >= 4 is 12.6 Å². The number of hydrogen-bond acceptors (Lipinski definition) is 3. The lowest BCUT2D eigenvalue weighted by Crippen LogP contribution is -2.35. The second-order valence-electron chi connectivity index (χ2n) is 5.22. The van der Waals surface area contributed by atoms with Crippen molar-refractivity contribution in [2.75, 3.05) is 5.75 Å². The van der Waals surface area contributed by atoms with Crippen LogP contribution in [-0.2, 0) is 6.54 Å². The van der Waals surface area contributed by atoms with E-state index in [1.54, 1.807) is 17.0 Å². The Morgan fingerprint density at radius 2 is 2.12 bits per heavy atom. The summed E-state index contributed by atoms with van der Waals surface area (Å²) in [6.07, 6.45) is 7.87. The summed E-state index contributed by atoms with van der Waals surface area (Å²) in [7, 11) is 0. The molecule has 0 unspecified atom stereocenters. The van der Waals surface area contributed by atoms with Crippen LogP contribution < -0.4 is 5.56 Å². The molecule has 94 valence electrons. The molecule has 0 N–H and O–H groups in total. The zero-order valence-corrected chi connectivity index (χ0v) is 11.2. The maximum Gasteiger partial charge on any atom is 0.253 e. The molecule has 0 atom stereocenters. The Bertz CT molecular complexity index is 435. The SMILES string of the molecule is Cc1cc(=O)n(CC2(CS)CCCCC2)cn1. The van der Waals surface area contributed by atoms with Gasteiger partial charge in [-0.25, -0.2) is 4.98 Å². The number of hydrogen-bond donors (Lipinski definition) is 1. The van der Waals surface area contributed by atoms with Gasteiger partial charge in [0.1, 0.15) is 0 Å². The fourth-order valence-corrected chi connectivity index (χ4v) is 3.08. The largest absolute Gasteiger partial charge is 0.299 e. The van der Waals surface area contributed by atoms with Gasteiger partial charge < -0.3 is 0 Å². The number of aromatic nitrogens is 2. The third kappa shape index (κ3) is 2.92. The Balaban J connectivity index is 2.20. The van der Waals surface area contributed by atoms with Crippen molar-refractivity contribution in [1.82, 2.24) is 9.55 Å². The molecule has 0 radical (unpaired) electrons. The third-order valence-corrected chi connectivity index (χ3v) is 4.44. The first-order valence-corrected chi connectivity index (χ1v) is 6.92. The quantitative estimate of drug-likeness (QED) is 0.839. The van der Waals surface area contributed by atoms with Crippen LogP contribution in [0.5, 0.6) is 0 Å². The van der Waals surface area contributed by atoms with Crippen molar-refractivity contribution in [3.8, 4) is 0 Å². The van der Waals surface area contributed by atoms with E-state index in [2.05, 4.69) is 17.6 Å². The van der Waals surface area contributed by atoms with Crippen LogP contribution in [0.4, 0.5) is 0 Å². The molecule has 17 heavy (non-hydrogen) atoms. The minimum absolute atomic E-state index is 0.0595. The molecule has 1 saturated carbocycles. The Labute approximate surface area is 108 Å². The number of rotatable bonds is 3. The van der Waals surface area contributed by atoms with Gasteiger partial charge in [0.05, 0.1) is 6.33 Å². The van der Waals surface area contributed by atoms with Gasteiger partial charge in [-0.05, 0) is 30.9 Å². The van der Waals surface area contributed by atoms with Crippen LogP contribution >= 0.6 is 12.6 Å². The van der Waals surface area contributed by atoms with Gasteiger partial charge in [-0.3, -0.25) is 9.36 Å². The summed E-state index contributed by atoms with van der Waals surface area (Å²) in [5.74, 6) is 0.854. The topological polar surface area (TPSA) is 34.9 Å². The summed E-state index contributed by atoms with van der Waals surface area (Å²) in [5.41, 5.74) is 1.04. The van der Waals surface area contributed by atoms with E-state index in [-0.39, 0.29) is 11.0 Å². The Morgan fingerprint density at radius 3 is 2.71 bits per heavy atom. The van der Waals surface area contributed by atoms with Crippen molar-refractivity contribution in [3.63, 3.8) is 0 Å². The zero-order chi connectivity index (χ0) is 12.3. The maximum atomic E-state index is 11.9. The molecule has 1 aliphatic rings.